The average molecular weight is 248 g/mol. The van der Waals surface area contributed by atoms with Gasteiger partial charge in [0.2, 0.25) is 5.91 Å². The Morgan fingerprint density at radius 2 is 2.28 bits per heavy atom. The molecule has 1 amide bonds. The van der Waals surface area contributed by atoms with E-state index in [1.807, 2.05) is 25.2 Å². The van der Waals surface area contributed by atoms with Crippen molar-refractivity contribution in [3.8, 4) is 0 Å². The molecule has 5 heteroatoms. The molecule has 1 aromatic rings. The van der Waals surface area contributed by atoms with Gasteiger partial charge < -0.3 is 10.6 Å². The van der Waals surface area contributed by atoms with E-state index in [-0.39, 0.29) is 11.9 Å². The molecule has 5 nitrogen and oxygen atoms in total. The van der Waals surface area contributed by atoms with Crippen molar-refractivity contribution < 1.29 is 4.79 Å². The van der Waals surface area contributed by atoms with Crippen molar-refractivity contribution in [1.29, 1.82) is 0 Å². The van der Waals surface area contributed by atoms with Gasteiger partial charge in [0.05, 0.1) is 11.7 Å². The van der Waals surface area contributed by atoms with Crippen LogP contribution in [0.2, 0.25) is 0 Å². The minimum atomic E-state index is -0.101. The summed E-state index contributed by atoms with van der Waals surface area (Å²) in [5.41, 5.74) is 6.61. The highest BCUT2D eigenvalue weighted by molar-refractivity contribution is 5.82. The molecule has 0 aromatic carbocycles. The standard InChI is InChI=1S/C13H20N4O/c1-16-8-9-17(12(5-6-14)13(16)18)10-11-4-2-3-7-15-11/h2-4,7,12H,5-6,8-10,14H2,1H3. The second kappa shape index (κ2) is 5.93. The van der Waals surface area contributed by atoms with Crippen molar-refractivity contribution >= 4 is 5.91 Å². The maximum Gasteiger partial charge on any atom is 0.239 e. The van der Waals surface area contributed by atoms with Crippen LogP contribution in [0.3, 0.4) is 0 Å². The molecule has 0 bridgehead atoms. The van der Waals surface area contributed by atoms with Crippen molar-refractivity contribution in [3.63, 3.8) is 0 Å². The van der Waals surface area contributed by atoms with Crippen LogP contribution in [0.5, 0.6) is 0 Å². The van der Waals surface area contributed by atoms with Gasteiger partial charge in [-0.05, 0) is 25.1 Å². The second-order valence-corrected chi connectivity index (χ2v) is 4.64. The zero-order valence-electron chi connectivity index (χ0n) is 10.7. The Morgan fingerprint density at radius 3 is 2.94 bits per heavy atom. The van der Waals surface area contributed by atoms with Gasteiger partial charge in [-0.1, -0.05) is 6.07 Å². The summed E-state index contributed by atoms with van der Waals surface area (Å²) in [5.74, 6) is 0.169. The van der Waals surface area contributed by atoms with Gasteiger partial charge >= 0.3 is 0 Å². The zero-order chi connectivity index (χ0) is 13.0. The van der Waals surface area contributed by atoms with Crippen LogP contribution in [0.4, 0.5) is 0 Å². The first-order valence-corrected chi connectivity index (χ1v) is 6.31. The lowest BCUT2D eigenvalue weighted by atomic mass is 10.1. The minimum absolute atomic E-state index is 0.101. The van der Waals surface area contributed by atoms with E-state index in [1.54, 1.807) is 11.1 Å². The van der Waals surface area contributed by atoms with E-state index >= 15 is 0 Å². The van der Waals surface area contributed by atoms with Gasteiger partial charge in [0.25, 0.3) is 0 Å². The normalized spacial score (nSPS) is 21.3. The summed E-state index contributed by atoms with van der Waals surface area (Å²) in [5, 5.41) is 0. The molecule has 2 N–H and O–H groups in total. The summed E-state index contributed by atoms with van der Waals surface area (Å²) < 4.78 is 0. The molecule has 1 atom stereocenters. The molecule has 2 heterocycles. The smallest absolute Gasteiger partial charge is 0.239 e. The number of likely N-dealkylation sites (N-methyl/N-ethyl adjacent to an activating group) is 1. The number of carbonyl (C=O) groups excluding carboxylic acids is 1. The zero-order valence-corrected chi connectivity index (χ0v) is 10.7. The Hall–Kier alpha value is -1.46. The highest BCUT2D eigenvalue weighted by Gasteiger charge is 2.32. The van der Waals surface area contributed by atoms with Gasteiger partial charge in [-0.25, -0.2) is 0 Å². The lowest BCUT2D eigenvalue weighted by molar-refractivity contribution is -0.140. The Morgan fingerprint density at radius 1 is 1.44 bits per heavy atom. The molecule has 1 aliphatic heterocycles. The fraction of sp³-hybridized carbons (Fsp3) is 0.538. The van der Waals surface area contributed by atoms with Crippen molar-refractivity contribution in [3.05, 3.63) is 30.1 Å². The number of piperazine rings is 1. The molecule has 98 valence electrons. The minimum Gasteiger partial charge on any atom is -0.343 e. The van der Waals surface area contributed by atoms with E-state index in [9.17, 15) is 4.79 Å². The van der Waals surface area contributed by atoms with Gasteiger partial charge in [0.15, 0.2) is 0 Å². The van der Waals surface area contributed by atoms with Crippen LogP contribution in [0.15, 0.2) is 24.4 Å². The van der Waals surface area contributed by atoms with Crippen molar-refractivity contribution in [1.82, 2.24) is 14.8 Å². The lowest BCUT2D eigenvalue weighted by Crippen LogP contribution is -2.55. The quantitative estimate of drug-likeness (QED) is 0.819. The maximum atomic E-state index is 12.1. The molecule has 1 aromatic heterocycles. The van der Waals surface area contributed by atoms with Crippen LogP contribution in [-0.4, -0.2) is 53.4 Å². The fourth-order valence-electron chi connectivity index (χ4n) is 2.31. The van der Waals surface area contributed by atoms with Gasteiger partial charge in [0, 0.05) is 32.9 Å². The van der Waals surface area contributed by atoms with E-state index in [1.165, 1.54) is 0 Å². The lowest BCUT2D eigenvalue weighted by Gasteiger charge is -2.38. The van der Waals surface area contributed by atoms with Gasteiger partial charge in [-0.2, -0.15) is 0 Å². The van der Waals surface area contributed by atoms with Gasteiger partial charge in [-0.15, -0.1) is 0 Å². The molecule has 0 saturated carbocycles. The number of rotatable bonds is 4. The Labute approximate surface area is 108 Å². The number of hydrogen-bond acceptors (Lipinski definition) is 4. The first-order chi connectivity index (χ1) is 8.72. The second-order valence-electron chi connectivity index (χ2n) is 4.64. The SMILES string of the molecule is CN1CCN(Cc2ccccn2)C(CCN)C1=O. The third-order valence-corrected chi connectivity index (χ3v) is 3.36. The first-order valence-electron chi connectivity index (χ1n) is 6.31. The number of aromatic nitrogens is 1. The van der Waals surface area contributed by atoms with E-state index in [4.69, 9.17) is 5.73 Å². The fourth-order valence-corrected chi connectivity index (χ4v) is 2.31. The maximum absolute atomic E-state index is 12.1. The molecule has 0 spiro atoms. The average Bonchev–Trinajstić information content (AvgIpc) is 2.39. The number of carbonyl (C=O) groups is 1. The summed E-state index contributed by atoms with van der Waals surface area (Å²) in [6, 6.07) is 5.76. The predicted octanol–water partition coefficient (Wildman–Crippen LogP) is 0.0730. The molecule has 1 aliphatic rings. The number of nitrogens with two attached hydrogens (primary N) is 1. The summed E-state index contributed by atoms with van der Waals surface area (Å²) in [7, 11) is 1.85. The van der Waals surface area contributed by atoms with Crippen molar-refractivity contribution in [2.24, 2.45) is 5.73 Å². The monoisotopic (exact) mass is 248 g/mol. The molecule has 1 unspecified atom stereocenters. The summed E-state index contributed by atoms with van der Waals surface area (Å²) in [6.45, 7) is 2.89. The number of nitrogens with zero attached hydrogens (tertiary/aromatic N) is 3. The molecule has 0 aliphatic carbocycles. The summed E-state index contributed by atoms with van der Waals surface area (Å²) >= 11 is 0. The van der Waals surface area contributed by atoms with Crippen LogP contribution in [-0.2, 0) is 11.3 Å². The number of amides is 1. The van der Waals surface area contributed by atoms with Crippen molar-refractivity contribution in [2.75, 3.05) is 26.7 Å². The third-order valence-electron chi connectivity index (χ3n) is 3.36. The van der Waals surface area contributed by atoms with Gasteiger partial charge in [0.1, 0.15) is 0 Å². The number of pyridine rings is 1. The summed E-state index contributed by atoms with van der Waals surface area (Å²) in [6.07, 6.45) is 2.49. The summed E-state index contributed by atoms with van der Waals surface area (Å²) in [4.78, 5) is 20.4. The number of hydrogen-bond donors (Lipinski definition) is 1. The molecule has 2 rings (SSSR count). The molecule has 1 saturated heterocycles. The largest absolute Gasteiger partial charge is 0.343 e. The van der Waals surface area contributed by atoms with E-state index < -0.39 is 0 Å². The van der Waals surface area contributed by atoms with E-state index in [0.29, 0.717) is 19.5 Å². The molecule has 1 fully saturated rings. The van der Waals surface area contributed by atoms with Crippen molar-refractivity contribution in [2.45, 2.75) is 19.0 Å². The van der Waals surface area contributed by atoms with Crippen LogP contribution >= 0.6 is 0 Å². The molecule has 0 radical (unpaired) electrons. The van der Waals surface area contributed by atoms with Gasteiger partial charge in [-0.3, -0.25) is 14.7 Å². The molecular formula is C13H20N4O. The highest BCUT2D eigenvalue weighted by atomic mass is 16.2. The predicted molar refractivity (Wildman–Crippen MR) is 69.7 cm³/mol. The highest BCUT2D eigenvalue weighted by Crippen LogP contribution is 2.15. The van der Waals surface area contributed by atoms with E-state index in [2.05, 4.69) is 9.88 Å². The Kier molecular flexibility index (Phi) is 4.28. The Balaban J connectivity index is 2.08. The first kappa shape index (κ1) is 13.0. The third kappa shape index (κ3) is 2.86. The Bertz CT molecular complexity index is 395. The van der Waals surface area contributed by atoms with Crippen LogP contribution < -0.4 is 5.73 Å². The topological polar surface area (TPSA) is 62.5 Å². The van der Waals surface area contributed by atoms with Crippen LogP contribution in [0.25, 0.3) is 0 Å². The molecule has 18 heavy (non-hydrogen) atoms. The van der Waals surface area contributed by atoms with E-state index in [0.717, 1.165) is 18.8 Å². The van der Waals surface area contributed by atoms with Crippen LogP contribution in [0, 0.1) is 0 Å². The van der Waals surface area contributed by atoms with Crippen LogP contribution in [0.1, 0.15) is 12.1 Å². The molecular weight excluding hydrogens is 228 g/mol.